The summed E-state index contributed by atoms with van der Waals surface area (Å²) < 4.78 is 0. The molecule has 0 saturated heterocycles. The average molecular weight is 240 g/mol. The second kappa shape index (κ2) is 5.58. The van der Waals surface area contributed by atoms with Crippen molar-refractivity contribution in [3.63, 3.8) is 0 Å². The van der Waals surface area contributed by atoms with Crippen LogP contribution < -0.4 is 10.6 Å². The third kappa shape index (κ3) is 2.65. The Morgan fingerprint density at radius 3 is 1.28 bits per heavy atom. The Bertz CT molecular complexity index is 438. The predicted octanol–water partition coefficient (Wildman–Crippen LogP) is 3.92. The maximum Gasteiger partial charge on any atom is 0.0337 e. The third-order valence-corrected chi connectivity index (χ3v) is 3.40. The molecule has 2 heteroatoms. The molecule has 0 radical (unpaired) electrons. The molecule has 0 fully saturated rings. The van der Waals surface area contributed by atoms with E-state index in [1.54, 1.807) is 0 Å². The molecule has 2 nitrogen and oxygen atoms in total. The van der Waals surface area contributed by atoms with Crippen LogP contribution in [0, 0.1) is 0 Å². The summed E-state index contributed by atoms with van der Waals surface area (Å²) in [5, 5.41) is 6.28. The van der Waals surface area contributed by atoms with Gasteiger partial charge in [-0.3, -0.25) is 0 Å². The van der Waals surface area contributed by atoms with Crippen molar-refractivity contribution in [1.29, 1.82) is 0 Å². The lowest BCUT2D eigenvalue weighted by atomic mass is 9.93. The van der Waals surface area contributed by atoms with E-state index in [2.05, 4.69) is 66.1 Å². The highest BCUT2D eigenvalue weighted by Gasteiger charge is 2.07. The monoisotopic (exact) mass is 240 g/mol. The van der Waals surface area contributed by atoms with E-state index >= 15 is 0 Å². The first kappa shape index (κ1) is 12.5. The summed E-state index contributed by atoms with van der Waals surface area (Å²) in [7, 11) is 3.88. The smallest absolute Gasteiger partial charge is 0.0337 e. The summed E-state index contributed by atoms with van der Waals surface area (Å²) in [5.74, 6) is 0.418. The summed E-state index contributed by atoms with van der Waals surface area (Å²) in [6.07, 6.45) is 0. The van der Waals surface area contributed by atoms with Gasteiger partial charge in [-0.05, 0) is 35.4 Å². The maximum atomic E-state index is 3.14. The van der Waals surface area contributed by atoms with Crippen LogP contribution in [0.4, 0.5) is 11.4 Å². The number of rotatable bonds is 4. The number of hydrogen-bond donors (Lipinski definition) is 2. The first-order valence-corrected chi connectivity index (χ1v) is 6.30. The van der Waals surface area contributed by atoms with Gasteiger partial charge in [0.2, 0.25) is 0 Å². The van der Waals surface area contributed by atoms with Crippen molar-refractivity contribution in [2.24, 2.45) is 0 Å². The van der Waals surface area contributed by atoms with Crippen molar-refractivity contribution in [3.8, 4) is 0 Å². The van der Waals surface area contributed by atoms with E-state index in [4.69, 9.17) is 0 Å². The highest BCUT2D eigenvalue weighted by molar-refractivity contribution is 5.48. The molecule has 0 bridgehead atoms. The van der Waals surface area contributed by atoms with Crippen LogP contribution in [0.25, 0.3) is 0 Å². The van der Waals surface area contributed by atoms with Gasteiger partial charge < -0.3 is 10.6 Å². The van der Waals surface area contributed by atoms with Crippen molar-refractivity contribution < 1.29 is 0 Å². The minimum absolute atomic E-state index is 0.418. The van der Waals surface area contributed by atoms with E-state index in [0.29, 0.717) is 5.92 Å². The molecule has 0 aliphatic heterocycles. The van der Waals surface area contributed by atoms with Crippen LogP contribution in [0.1, 0.15) is 24.0 Å². The highest BCUT2D eigenvalue weighted by atomic mass is 14.8. The SMILES string of the molecule is CNc1ccc(C(C)c2ccc(NC)cc2)cc1. The lowest BCUT2D eigenvalue weighted by Gasteiger charge is -2.14. The number of benzene rings is 2. The molecule has 0 spiro atoms. The lowest BCUT2D eigenvalue weighted by molar-refractivity contribution is 0.923. The molecule has 0 saturated carbocycles. The van der Waals surface area contributed by atoms with Gasteiger partial charge in [-0.1, -0.05) is 31.2 Å². The number of hydrogen-bond acceptors (Lipinski definition) is 2. The molecule has 0 unspecified atom stereocenters. The Kier molecular flexibility index (Phi) is 3.88. The van der Waals surface area contributed by atoms with E-state index in [1.165, 1.54) is 11.1 Å². The van der Waals surface area contributed by atoms with Crippen LogP contribution >= 0.6 is 0 Å². The van der Waals surface area contributed by atoms with Gasteiger partial charge in [-0.15, -0.1) is 0 Å². The Morgan fingerprint density at radius 1 is 0.667 bits per heavy atom. The molecule has 0 atom stereocenters. The zero-order chi connectivity index (χ0) is 13.0. The fourth-order valence-electron chi connectivity index (χ4n) is 2.07. The van der Waals surface area contributed by atoms with Crippen molar-refractivity contribution in [2.75, 3.05) is 24.7 Å². The van der Waals surface area contributed by atoms with E-state index < -0.39 is 0 Å². The fourth-order valence-corrected chi connectivity index (χ4v) is 2.07. The van der Waals surface area contributed by atoms with Crippen molar-refractivity contribution >= 4 is 11.4 Å². The van der Waals surface area contributed by atoms with Gasteiger partial charge >= 0.3 is 0 Å². The quantitative estimate of drug-likeness (QED) is 0.846. The van der Waals surface area contributed by atoms with Crippen LogP contribution in [0.15, 0.2) is 48.5 Å². The van der Waals surface area contributed by atoms with Gasteiger partial charge in [0.05, 0.1) is 0 Å². The molecular weight excluding hydrogens is 220 g/mol. The summed E-state index contributed by atoms with van der Waals surface area (Å²) >= 11 is 0. The molecule has 2 aromatic carbocycles. The molecule has 0 aliphatic rings. The topological polar surface area (TPSA) is 24.1 Å². The van der Waals surface area contributed by atoms with Gasteiger partial charge in [0.1, 0.15) is 0 Å². The van der Waals surface area contributed by atoms with Gasteiger partial charge in [0.15, 0.2) is 0 Å². The van der Waals surface area contributed by atoms with E-state index in [9.17, 15) is 0 Å². The Morgan fingerprint density at radius 2 is 1.00 bits per heavy atom. The van der Waals surface area contributed by atoms with Gasteiger partial charge in [0.25, 0.3) is 0 Å². The van der Waals surface area contributed by atoms with Crippen LogP contribution in [-0.2, 0) is 0 Å². The predicted molar refractivity (Wildman–Crippen MR) is 79.5 cm³/mol. The van der Waals surface area contributed by atoms with Gasteiger partial charge in [-0.25, -0.2) is 0 Å². The second-order valence-corrected chi connectivity index (χ2v) is 4.47. The average Bonchev–Trinajstić information content (AvgIpc) is 2.47. The minimum Gasteiger partial charge on any atom is -0.388 e. The summed E-state index contributed by atoms with van der Waals surface area (Å²) in [5.41, 5.74) is 4.98. The van der Waals surface area contributed by atoms with Crippen LogP contribution in [0.2, 0.25) is 0 Å². The van der Waals surface area contributed by atoms with Gasteiger partial charge in [-0.2, -0.15) is 0 Å². The standard InChI is InChI=1S/C16H20N2/c1-12(13-4-8-15(17-2)9-5-13)14-6-10-16(18-3)11-7-14/h4-12,17-18H,1-3H3. The largest absolute Gasteiger partial charge is 0.388 e. The molecule has 0 amide bonds. The molecular formula is C16H20N2. The molecule has 0 aromatic heterocycles. The molecule has 2 aromatic rings. The molecule has 2 rings (SSSR count). The Hall–Kier alpha value is -1.96. The molecule has 0 aliphatic carbocycles. The second-order valence-electron chi connectivity index (χ2n) is 4.47. The summed E-state index contributed by atoms with van der Waals surface area (Å²) in [6, 6.07) is 17.2. The van der Waals surface area contributed by atoms with Gasteiger partial charge in [0, 0.05) is 31.4 Å². The van der Waals surface area contributed by atoms with Crippen molar-refractivity contribution in [2.45, 2.75) is 12.8 Å². The van der Waals surface area contributed by atoms with Crippen molar-refractivity contribution in [3.05, 3.63) is 59.7 Å². The number of nitrogens with one attached hydrogen (secondary N) is 2. The molecule has 0 heterocycles. The maximum absolute atomic E-state index is 3.14. The molecule has 2 N–H and O–H groups in total. The van der Waals surface area contributed by atoms with Crippen LogP contribution in [0.3, 0.4) is 0 Å². The summed E-state index contributed by atoms with van der Waals surface area (Å²) in [4.78, 5) is 0. The van der Waals surface area contributed by atoms with Crippen LogP contribution in [-0.4, -0.2) is 14.1 Å². The third-order valence-electron chi connectivity index (χ3n) is 3.40. The molecule has 18 heavy (non-hydrogen) atoms. The van der Waals surface area contributed by atoms with Crippen LogP contribution in [0.5, 0.6) is 0 Å². The highest BCUT2D eigenvalue weighted by Crippen LogP contribution is 2.26. The zero-order valence-electron chi connectivity index (χ0n) is 11.2. The zero-order valence-corrected chi connectivity index (χ0v) is 11.2. The Balaban J connectivity index is 2.20. The first-order chi connectivity index (χ1) is 8.74. The fraction of sp³-hybridized carbons (Fsp3) is 0.250. The lowest BCUT2D eigenvalue weighted by Crippen LogP contribution is -1.97. The van der Waals surface area contributed by atoms with E-state index in [1.807, 2.05) is 14.1 Å². The first-order valence-electron chi connectivity index (χ1n) is 6.30. The normalized spacial score (nSPS) is 10.4. The summed E-state index contributed by atoms with van der Waals surface area (Å²) in [6.45, 7) is 2.24. The Labute approximate surface area is 109 Å². The minimum atomic E-state index is 0.418. The van der Waals surface area contributed by atoms with E-state index in [-0.39, 0.29) is 0 Å². The van der Waals surface area contributed by atoms with Crippen molar-refractivity contribution in [1.82, 2.24) is 0 Å². The number of anilines is 2. The van der Waals surface area contributed by atoms with E-state index in [0.717, 1.165) is 11.4 Å². The molecule has 94 valence electrons.